The summed E-state index contributed by atoms with van der Waals surface area (Å²) in [6, 6.07) is 5.87. The van der Waals surface area contributed by atoms with E-state index < -0.39 is 6.10 Å². The van der Waals surface area contributed by atoms with Gasteiger partial charge in [-0.1, -0.05) is 19.9 Å². The monoisotopic (exact) mass is 388 g/mol. The zero-order chi connectivity index (χ0) is 20.1. The quantitative estimate of drug-likeness (QED) is 0.746. The number of aromatic nitrogens is 3. The number of methoxy groups -OCH3 is 1. The minimum Gasteiger partial charge on any atom is -0.389 e. The molecule has 0 aliphatic carbocycles. The first-order valence-electron chi connectivity index (χ1n) is 9.86. The molecule has 2 aromatic rings. The summed E-state index contributed by atoms with van der Waals surface area (Å²) in [4.78, 5) is 6.75. The molecule has 0 fully saturated rings. The average molecular weight is 389 g/mol. The molecule has 1 N–H and O–H groups in total. The molecule has 0 radical (unpaired) electrons. The summed E-state index contributed by atoms with van der Waals surface area (Å²) in [7, 11) is 1.65. The third-order valence-electron chi connectivity index (χ3n) is 4.96. The van der Waals surface area contributed by atoms with Crippen LogP contribution in [0, 0.1) is 5.41 Å². The molecular weight excluding hydrogens is 356 g/mol. The fourth-order valence-electron chi connectivity index (χ4n) is 3.85. The molecular formula is C21H32N4O3. The summed E-state index contributed by atoms with van der Waals surface area (Å²) in [6.45, 7) is 9.52. The normalized spacial score (nSPS) is 19.0. The van der Waals surface area contributed by atoms with Crippen LogP contribution in [0.3, 0.4) is 0 Å². The Morgan fingerprint density at radius 1 is 1.29 bits per heavy atom. The lowest BCUT2D eigenvalue weighted by molar-refractivity contribution is -0.0422. The molecule has 0 amide bonds. The van der Waals surface area contributed by atoms with Crippen molar-refractivity contribution < 1.29 is 14.6 Å². The van der Waals surface area contributed by atoms with Crippen LogP contribution in [-0.4, -0.2) is 70.4 Å². The molecule has 7 nitrogen and oxygen atoms in total. The Morgan fingerprint density at radius 3 is 2.82 bits per heavy atom. The molecule has 3 rings (SSSR count). The minimum atomic E-state index is -0.539. The Bertz CT molecular complexity index is 747. The molecule has 7 heteroatoms. The van der Waals surface area contributed by atoms with Gasteiger partial charge in [-0.15, -0.1) is 0 Å². The van der Waals surface area contributed by atoms with Crippen LogP contribution in [0.1, 0.15) is 32.0 Å². The van der Waals surface area contributed by atoms with Gasteiger partial charge in [0, 0.05) is 38.5 Å². The zero-order valence-corrected chi connectivity index (χ0v) is 17.3. The highest BCUT2D eigenvalue weighted by atomic mass is 16.5. The molecule has 0 bridgehead atoms. The van der Waals surface area contributed by atoms with E-state index in [1.54, 1.807) is 13.3 Å². The van der Waals surface area contributed by atoms with Crippen LogP contribution in [-0.2, 0) is 22.4 Å². The van der Waals surface area contributed by atoms with Gasteiger partial charge in [-0.2, -0.15) is 5.10 Å². The van der Waals surface area contributed by atoms with Crippen molar-refractivity contribution >= 4 is 0 Å². The molecule has 0 saturated carbocycles. The van der Waals surface area contributed by atoms with Gasteiger partial charge in [-0.05, 0) is 30.9 Å². The van der Waals surface area contributed by atoms with Crippen molar-refractivity contribution in [1.82, 2.24) is 19.7 Å². The van der Waals surface area contributed by atoms with E-state index in [1.807, 2.05) is 36.0 Å². The zero-order valence-electron chi connectivity index (χ0n) is 17.3. The number of nitrogens with zero attached hydrogens (tertiary/aromatic N) is 4. The van der Waals surface area contributed by atoms with Gasteiger partial charge in [0.05, 0.1) is 37.3 Å². The van der Waals surface area contributed by atoms with Crippen molar-refractivity contribution in [3.63, 3.8) is 0 Å². The maximum Gasteiger partial charge on any atom is 0.153 e. The van der Waals surface area contributed by atoms with Crippen molar-refractivity contribution in [2.45, 2.75) is 45.9 Å². The number of ether oxygens (including phenoxy) is 2. The molecule has 2 unspecified atom stereocenters. The van der Waals surface area contributed by atoms with Crippen molar-refractivity contribution in [2.75, 3.05) is 33.4 Å². The number of rotatable bonds is 8. The summed E-state index contributed by atoms with van der Waals surface area (Å²) in [5, 5.41) is 15.1. The maximum atomic E-state index is 10.5. The second-order valence-electron chi connectivity index (χ2n) is 8.48. The second kappa shape index (κ2) is 9.13. The molecule has 0 saturated heterocycles. The number of hydrogen-bond donors (Lipinski definition) is 1. The molecule has 154 valence electrons. The lowest BCUT2D eigenvalue weighted by Crippen LogP contribution is -2.40. The fourth-order valence-corrected chi connectivity index (χ4v) is 3.85. The summed E-state index contributed by atoms with van der Waals surface area (Å²) in [5.74, 6) is 0.841. The van der Waals surface area contributed by atoms with Gasteiger partial charge >= 0.3 is 0 Å². The second-order valence-corrected chi connectivity index (χ2v) is 8.48. The van der Waals surface area contributed by atoms with E-state index in [-0.39, 0.29) is 11.5 Å². The van der Waals surface area contributed by atoms with E-state index in [0.717, 1.165) is 25.3 Å². The first-order valence-corrected chi connectivity index (χ1v) is 9.86. The number of fused-ring (bicyclic) bond motifs is 1. The fraction of sp³-hybridized carbons (Fsp3) is 0.619. The van der Waals surface area contributed by atoms with Crippen LogP contribution in [0.4, 0.5) is 0 Å². The van der Waals surface area contributed by atoms with Crippen LogP contribution in [0.5, 0.6) is 0 Å². The number of β-amino-alcohol motifs (C(OH)–C–C–N with tert-alkyl or cyclic N) is 1. The van der Waals surface area contributed by atoms with Gasteiger partial charge in [-0.3, -0.25) is 4.90 Å². The highest BCUT2D eigenvalue weighted by molar-refractivity contribution is 5.30. The summed E-state index contributed by atoms with van der Waals surface area (Å²) >= 11 is 0. The lowest BCUT2D eigenvalue weighted by Gasteiger charge is -2.31. The molecule has 1 aliphatic heterocycles. The average Bonchev–Trinajstić information content (AvgIpc) is 2.96. The molecule has 0 aromatic carbocycles. The first kappa shape index (κ1) is 20.9. The lowest BCUT2D eigenvalue weighted by atomic mass is 9.87. The van der Waals surface area contributed by atoms with Crippen LogP contribution in [0.15, 0.2) is 30.6 Å². The van der Waals surface area contributed by atoms with E-state index in [0.29, 0.717) is 19.8 Å². The van der Waals surface area contributed by atoms with Gasteiger partial charge in [0.15, 0.2) is 5.82 Å². The molecule has 3 heterocycles. The van der Waals surface area contributed by atoms with E-state index in [1.165, 1.54) is 11.3 Å². The van der Waals surface area contributed by atoms with E-state index in [9.17, 15) is 5.11 Å². The van der Waals surface area contributed by atoms with Gasteiger partial charge < -0.3 is 14.6 Å². The van der Waals surface area contributed by atoms with Crippen LogP contribution in [0.2, 0.25) is 0 Å². The van der Waals surface area contributed by atoms with Crippen molar-refractivity contribution in [3.8, 4) is 5.82 Å². The predicted octanol–water partition coefficient (Wildman–Crippen LogP) is 2.06. The van der Waals surface area contributed by atoms with Crippen LogP contribution < -0.4 is 0 Å². The van der Waals surface area contributed by atoms with E-state index in [2.05, 4.69) is 28.8 Å². The Morgan fingerprint density at radius 2 is 2.11 bits per heavy atom. The molecule has 2 aromatic heterocycles. The van der Waals surface area contributed by atoms with Crippen LogP contribution in [0.25, 0.3) is 5.82 Å². The van der Waals surface area contributed by atoms with Gasteiger partial charge in [0.1, 0.15) is 0 Å². The summed E-state index contributed by atoms with van der Waals surface area (Å²) in [6.07, 6.45) is 4.07. The van der Waals surface area contributed by atoms with Gasteiger partial charge in [0.2, 0.25) is 0 Å². The van der Waals surface area contributed by atoms with Gasteiger partial charge in [-0.25, -0.2) is 9.67 Å². The summed E-state index contributed by atoms with van der Waals surface area (Å²) < 4.78 is 12.7. The Hall–Kier alpha value is -1.80. The van der Waals surface area contributed by atoms with Crippen LogP contribution >= 0.6 is 0 Å². The molecule has 1 aliphatic rings. The van der Waals surface area contributed by atoms with E-state index >= 15 is 0 Å². The first-order chi connectivity index (χ1) is 13.4. The molecule has 2 atom stereocenters. The SMILES string of the molecule is COCC(C)OCC(O)CN1Cc2cnn(-c3ccccn3)c2CC(C)(C)C1. The largest absolute Gasteiger partial charge is 0.389 e. The summed E-state index contributed by atoms with van der Waals surface area (Å²) in [5.41, 5.74) is 2.45. The van der Waals surface area contributed by atoms with Crippen molar-refractivity contribution in [2.24, 2.45) is 5.41 Å². The van der Waals surface area contributed by atoms with Gasteiger partial charge in [0.25, 0.3) is 0 Å². The maximum absolute atomic E-state index is 10.5. The van der Waals surface area contributed by atoms with E-state index in [4.69, 9.17) is 9.47 Å². The van der Waals surface area contributed by atoms with Crippen molar-refractivity contribution in [3.05, 3.63) is 41.9 Å². The number of hydrogen-bond acceptors (Lipinski definition) is 6. The number of aliphatic hydroxyl groups is 1. The Labute approximate surface area is 167 Å². The molecule has 0 spiro atoms. The topological polar surface area (TPSA) is 72.6 Å². The van der Waals surface area contributed by atoms with Crippen molar-refractivity contribution in [1.29, 1.82) is 0 Å². The molecule has 28 heavy (non-hydrogen) atoms. The highest BCUT2D eigenvalue weighted by Crippen LogP contribution is 2.31. The Balaban J connectivity index is 1.71. The Kier molecular flexibility index (Phi) is 6.82. The third-order valence-corrected chi connectivity index (χ3v) is 4.96. The number of pyridine rings is 1. The minimum absolute atomic E-state index is 0.0246. The smallest absolute Gasteiger partial charge is 0.153 e. The third kappa shape index (κ3) is 5.38. The highest BCUT2D eigenvalue weighted by Gasteiger charge is 2.31. The standard InChI is InChI=1S/C21H32N4O3/c1-16(13-27-4)28-14-18(26)12-24-11-17-10-23-25(20-7-5-6-8-22-20)19(17)9-21(2,3)15-24/h5-8,10,16,18,26H,9,11-15H2,1-4H3. The predicted molar refractivity (Wildman–Crippen MR) is 107 cm³/mol. The number of aliphatic hydroxyl groups excluding tert-OH is 1.